The summed E-state index contributed by atoms with van der Waals surface area (Å²) in [6, 6.07) is 0.559. The van der Waals surface area contributed by atoms with E-state index in [1.807, 2.05) is 20.9 Å². The van der Waals surface area contributed by atoms with Gasteiger partial charge in [0.15, 0.2) is 0 Å². The molecule has 0 spiro atoms. The van der Waals surface area contributed by atoms with Crippen LogP contribution in [0.25, 0.3) is 0 Å². The molecule has 0 aliphatic rings. The lowest BCUT2D eigenvalue weighted by Gasteiger charge is -2.30. The first-order chi connectivity index (χ1) is 8.91. The molecule has 4 heteroatoms. The molecule has 0 saturated heterocycles. The molecule has 0 aromatic carbocycles. The molecule has 0 fully saturated rings. The van der Waals surface area contributed by atoms with Crippen molar-refractivity contribution in [3.8, 4) is 0 Å². The van der Waals surface area contributed by atoms with Gasteiger partial charge < -0.3 is 15.0 Å². The number of nitrogens with one attached hydrogen (secondary N) is 1. The van der Waals surface area contributed by atoms with E-state index in [0.717, 1.165) is 25.9 Å². The molecule has 19 heavy (non-hydrogen) atoms. The Balaban J connectivity index is 4.30. The lowest BCUT2D eigenvalue weighted by Crippen LogP contribution is -2.49. The minimum atomic E-state index is -0.565. The molecule has 1 unspecified atom stereocenters. The third-order valence-corrected chi connectivity index (χ3v) is 3.64. The van der Waals surface area contributed by atoms with Crippen molar-refractivity contribution in [1.29, 1.82) is 0 Å². The van der Waals surface area contributed by atoms with Crippen LogP contribution in [0.5, 0.6) is 0 Å². The minimum absolute atomic E-state index is 0.149. The second kappa shape index (κ2) is 9.32. The molecule has 1 N–H and O–H groups in total. The molecule has 0 amide bonds. The Morgan fingerprint density at radius 3 is 2.37 bits per heavy atom. The van der Waals surface area contributed by atoms with Crippen LogP contribution in [-0.2, 0) is 9.53 Å². The Hall–Kier alpha value is -0.610. The first-order valence-corrected chi connectivity index (χ1v) is 7.51. The Kier molecular flexibility index (Phi) is 9.02. The van der Waals surface area contributed by atoms with Gasteiger partial charge >= 0.3 is 5.97 Å². The maximum absolute atomic E-state index is 11.9. The van der Waals surface area contributed by atoms with Gasteiger partial charge in [-0.25, -0.2) is 0 Å². The smallest absolute Gasteiger partial charge is 0.326 e. The molecule has 0 rings (SSSR count). The number of rotatable bonds is 10. The molecule has 0 heterocycles. The summed E-state index contributed by atoms with van der Waals surface area (Å²) in [6.45, 7) is 13.0. The van der Waals surface area contributed by atoms with E-state index in [9.17, 15) is 4.79 Å². The van der Waals surface area contributed by atoms with E-state index in [4.69, 9.17) is 4.74 Å². The minimum Gasteiger partial charge on any atom is -0.465 e. The number of likely N-dealkylation sites (N-methyl/N-ethyl adjacent to an activating group) is 1. The second-order valence-electron chi connectivity index (χ2n) is 5.54. The van der Waals surface area contributed by atoms with E-state index in [-0.39, 0.29) is 5.97 Å². The van der Waals surface area contributed by atoms with Gasteiger partial charge in [-0.3, -0.25) is 4.79 Å². The molecule has 0 bridgehead atoms. The van der Waals surface area contributed by atoms with E-state index in [2.05, 4.69) is 31.0 Å². The maximum Gasteiger partial charge on any atom is 0.326 e. The fourth-order valence-electron chi connectivity index (χ4n) is 2.17. The summed E-state index contributed by atoms with van der Waals surface area (Å²) in [4.78, 5) is 14.4. The van der Waals surface area contributed by atoms with Crippen molar-refractivity contribution in [2.75, 3.05) is 26.7 Å². The van der Waals surface area contributed by atoms with Crippen LogP contribution in [0.4, 0.5) is 0 Å². The average molecular weight is 272 g/mol. The molecular formula is C15H32N2O2. The lowest BCUT2D eigenvalue weighted by atomic mass is 9.96. The quantitative estimate of drug-likeness (QED) is 0.620. The Morgan fingerprint density at radius 1 is 1.32 bits per heavy atom. The zero-order valence-electron chi connectivity index (χ0n) is 13.6. The van der Waals surface area contributed by atoms with Gasteiger partial charge in [0.1, 0.15) is 5.54 Å². The molecule has 114 valence electrons. The fraction of sp³-hybridized carbons (Fsp3) is 0.933. The van der Waals surface area contributed by atoms with E-state index < -0.39 is 5.54 Å². The lowest BCUT2D eigenvalue weighted by molar-refractivity contribution is -0.150. The molecule has 0 radical (unpaired) electrons. The van der Waals surface area contributed by atoms with Gasteiger partial charge in [0.25, 0.3) is 0 Å². The third kappa shape index (κ3) is 6.39. The zero-order valence-corrected chi connectivity index (χ0v) is 13.6. The Labute approximate surface area is 118 Å². The monoisotopic (exact) mass is 272 g/mol. The summed E-state index contributed by atoms with van der Waals surface area (Å²) in [7, 11) is 1.82. The first kappa shape index (κ1) is 18.4. The third-order valence-electron chi connectivity index (χ3n) is 3.64. The highest BCUT2D eigenvalue weighted by Crippen LogP contribution is 2.15. The molecule has 0 aliphatic carbocycles. The molecule has 0 aliphatic heterocycles. The highest BCUT2D eigenvalue weighted by molar-refractivity contribution is 5.80. The van der Waals surface area contributed by atoms with E-state index in [0.29, 0.717) is 12.6 Å². The van der Waals surface area contributed by atoms with Gasteiger partial charge in [-0.15, -0.1) is 0 Å². The number of nitrogens with zero attached hydrogens (tertiary/aromatic N) is 1. The Morgan fingerprint density at radius 2 is 1.95 bits per heavy atom. The summed E-state index contributed by atoms with van der Waals surface area (Å²) in [5.41, 5.74) is -0.565. The van der Waals surface area contributed by atoms with Gasteiger partial charge in [0.05, 0.1) is 6.61 Å². The predicted octanol–water partition coefficient (Wildman–Crippen LogP) is 2.43. The molecule has 0 aromatic rings. The highest BCUT2D eigenvalue weighted by atomic mass is 16.5. The SMILES string of the molecule is CCCN(CCCC(C)(NC)C(=O)OCC)C(C)C. The van der Waals surface area contributed by atoms with Crippen molar-refractivity contribution in [2.45, 2.75) is 65.5 Å². The van der Waals surface area contributed by atoms with Crippen LogP contribution >= 0.6 is 0 Å². The number of ether oxygens (including phenoxy) is 1. The molecular weight excluding hydrogens is 240 g/mol. The summed E-state index contributed by atoms with van der Waals surface area (Å²) in [6.07, 6.45) is 2.96. The summed E-state index contributed by atoms with van der Waals surface area (Å²) < 4.78 is 5.14. The van der Waals surface area contributed by atoms with Crippen LogP contribution in [0, 0.1) is 0 Å². The van der Waals surface area contributed by atoms with Gasteiger partial charge in [-0.05, 0) is 67.1 Å². The number of carbonyl (C=O) groups excluding carboxylic acids is 1. The normalized spacial score (nSPS) is 14.7. The number of hydrogen-bond acceptors (Lipinski definition) is 4. The van der Waals surface area contributed by atoms with Crippen molar-refractivity contribution < 1.29 is 9.53 Å². The number of esters is 1. The summed E-state index contributed by atoms with van der Waals surface area (Å²) in [5.74, 6) is -0.149. The van der Waals surface area contributed by atoms with Crippen molar-refractivity contribution >= 4 is 5.97 Å². The van der Waals surface area contributed by atoms with Crippen LogP contribution in [0.3, 0.4) is 0 Å². The van der Waals surface area contributed by atoms with E-state index in [1.165, 1.54) is 6.42 Å². The number of carbonyl (C=O) groups is 1. The summed E-state index contributed by atoms with van der Waals surface area (Å²) >= 11 is 0. The van der Waals surface area contributed by atoms with Gasteiger partial charge in [-0.1, -0.05) is 6.92 Å². The summed E-state index contributed by atoms with van der Waals surface area (Å²) in [5, 5.41) is 3.10. The van der Waals surface area contributed by atoms with Gasteiger partial charge in [0.2, 0.25) is 0 Å². The van der Waals surface area contributed by atoms with Crippen LogP contribution < -0.4 is 5.32 Å². The van der Waals surface area contributed by atoms with Gasteiger partial charge in [0, 0.05) is 6.04 Å². The molecule has 4 nitrogen and oxygen atoms in total. The van der Waals surface area contributed by atoms with E-state index in [1.54, 1.807) is 0 Å². The van der Waals surface area contributed by atoms with Crippen molar-refractivity contribution in [3.63, 3.8) is 0 Å². The predicted molar refractivity (Wildman–Crippen MR) is 80.3 cm³/mol. The average Bonchev–Trinajstić information content (AvgIpc) is 2.37. The van der Waals surface area contributed by atoms with Crippen LogP contribution in [0.1, 0.15) is 53.9 Å². The van der Waals surface area contributed by atoms with Crippen LogP contribution in [0.2, 0.25) is 0 Å². The topological polar surface area (TPSA) is 41.6 Å². The standard InChI is InChI=1S/C15H32N2O2/c1-7-11-17(13(3)4)12-9-10-15(5,16-6)14(18)19-8-2/h13,16H,7-12H2,1-6H3. The van der Waals surface area contributed by atoms with Crippen molar-refractivity contribution in [1.82, 2.24) is 10.2 Å². The molecule has 0 aromatic heterocycles. The zero-order chi connectivity index (χ0) is 14.9. The Bertz CT molecular complexity index is 257. The number of hydrogen-bond donors (Lipinski definition) is 1. The van der Waals surface area contributed by atoms with Crippen molar-refractivity contribution in [2.24, 2.45) is 0 Å². The van der Waals surface area contributed by atoms with Crippen LogP contribution in [-0.4, -0.2) is 49.2 Å². The van der Waals surface area contributed by atoms with Crippen LogP contribution in [0.15, 0.2) is 0 Å². The highest BCUT2D eigenvalue weighted by Gasteiger charge is 2.32. The molecule has 1 atom stereocenters. The van der Waals surface area contributed by atoms with E-state index >= 15 is 0 Å². The second-order valence-corrected chi connectivity index (χ2v) is 5.54. The van der Waals surface area contributed by atoms with Gasteiger partial charge in [-0.2, -0.15) is 0 Å². The largest absolute Gasteiger partial charge is 0.465 e. The molecule has 0 saturated carbocycles. The fourth-order valence-corrected chi connectivity index (χ4v) is 2.17. The van der Waals surface area contributed by atoms with Crippen molar-refractivity contribution in [3.05, 3.63) is 0 Å². The first-order valence-electron chi connectivity index (χ1n) is 7.51. The maximum atomic E-state index is 11.9.